The Labute approximate surface area is 83.3 Å². The van der Waals surface area contributed by atoms with Gasteiger partial charge >= 0.3 is 0 Å². The Morgan fingerprint density at radius 2 is 1.85 bits per heavy atom. The largest absolute Gasteiger partial charge is 0.316 e. The summed E-state index contributed by atoms with van der Waals surface area (Å²) in [4.78, 5) is 0. The van der Waals surface area contributed by atoms with Crippen LogP contribution in [0.4, 0.5) is 0 Å². The highest BCUT2D eigenvalue weighted by Gasteiger charge is 2.41. The van der Waals surface area contributed by atoms with Gasteiger partial charge in [0.2, 0.25) is 0 Å². The van der Waals surface area contributed by atoms with Gasteiger partial charge in [-0.15, -0.1) is 0 Å². The predicted octanol–water partition coefficient (Wildman–Crippen LogP) is 3.20. The maximum absolute atomic E-state index is 3.49. The number of hydrogen-bond acceptors (Lipinski definition) is 1. The maximum Gasteiger partial charge on any atom is 0.000770 e. The van der Waals surface area contributed by atoms with Crippen LogP contribution in [0.2, 0.25) is 0 Å². The van der Waals surface area contributed by atoms with Crippen molar-refractivity contribution >= 4 is 0 Å². The third kappa shape index (κ3) is 4.12. The van der Waals surface area contributed by atoms with E-state index in [2.05, 4.69) is 33.0 Å². The second-order valence-electron chi connectivity index (χ2n) is 5.84. The summed E-state index contributed by atoms with van der Waals surface area (Å²) in [5.41, 5.74) is 1.21. The lowest BCUT2D eigenvalue weighted by atomic mass is 9.85. The van der Waals surface area contributed by atoms with Gasteiger partial charge in [-0.25, -0.2) is 0 Å². The van der Waals surface area contributed by atoms with Gasteiger partial charge in [-0.05, 0) is 43.1 Å². The molecule has 0 aromatic carbocycles. The molecule has 1 saturated carbocycles. The number of hydrogen-bond donors (Lipinski definition) is 1. The van der Waals surface area contributed by atoms with Gasteiger partial charge in [0, 0.05) is 6.54 Å². The van der Waals surface area contributed by atoms with Crippen LogP contribution in [-0.4, -0.2) is 13.1 Å². The first kappa shape index (κ1) is 11.0. The second kappa shape index (κ2) is 4.00. The molecule has 0 bridgehead atoms. The summed E-state index contributed by atoms with van der Waals surface area (Å²) in [6.45, 7) is 11.6. The molecule has 13 heavy (non-hydrogen) atoms. The van der Waals surface area contributed by atoms with Gasteiger partial charge in [-0.2, -0.15) is 0 Å². The standard InChI is InChI=1S/C12H25N/c1-5-13-10-12(8-9-12)7-6-11(2,3)4/h13H,5-10H2,1-4H3. The quantitative estimate of drug-likeness (QED) is 0.690. The average molecular weight is 183 g/mol. The summed E-state index contributed by atoms with van der Waals surface area (Å²) in [7, 11) is 0. The molecule has 0 aliphatic heterocycles. The van der Waals surface area contributed by atoms with Crippen LogP contribution in [0.1, 0.15) is 53.4 Å². The smallest absolute Gasteiger partial charge is 0.000770 e. The Hall–Kier alpha value is -0.0400. The van der Waals surface area contributed by atoms with Gasteiger partial charge in [0.1, 0.15) is 0 Å². The number of nitrogens with one attached hydrogen (secondary N) is 1. The molecule has 1 aliphatic carbocycles. The Kier molecular flexibility index (Phi) is 3.39. The summed E-state index contributed by atoms with van der Waals surface area (Å²) in [5, 5.41) is 3.49. The molecular formula is C12H25N. The van der Waals surface area contributed by atoms with E-state index in [1.807, 2.05) is 0 Å². The lowest BCUT2D eigenvalue weighted by Gasteiger charge is -2.22. The number of rotatable bonds is 5. The molecule has 0 amide bonds. The lowest BCUT2D eigenvalue weighted by molar-refractivity contribution is 0.304. The highest BCUT2D eigenvalue weighted by Crippen LogP contribution is 2.50. The van der Waals surface area contributed by atoms with E-state index in [-0.39, 0.29) is 0 Å². The van der Waals surface area contributed by atoms with Gasteiger partial charge in [0.15, 0.2) is 0 Å². The third-order valence-corrected chi connectivity index (χ3v) is 3.11. The zero-order valence-electron chi connectivity index (χ0n) is 9.74. The van der Waals surface area contributed by atoms with Crippen molar-refractivity contribution in [3.8, 4) is 0 Å². The third-order valence-electron chi connectivity index (χ3n) is 3.11. The highest BCUT2D eigenvalue weighted by atomic mass is 14.9. The molecule has 1 rings (SSSR count). The first-order valence-electron chi connectivity index (χ1n) is 5.68. The van der Waals surface area contributed by atoms with Crippen LogP contribution in [0.3, 0.4) is 0 Å². The fourth-order valence-electron chi connectivity index (χ4n) is 1.72. The van der Waals surface area contributed by atoms with Gasteiger partial charge < -0.3 is 5.32 Å². The molecule has 0 aromatic heterocycles. The molecule has 1 heteroatoms. The maximum atomic E-state index is 3.49. The zero-order valence-corrected chi connectivity index (χ0v) is 9.74. The summed E-state index contributed by atoms with van der Waals surface area (Å²) in [6.07, 6.45) is 5.70. The van der Waals surface area contributed by atoms with E-state index >= 15 is 0 Å². The topological polar surface area (TPSA) is 12.0 Å². The van der Waals surface area contributed by atoms with Crippen LogP contribution in [0.15, 0.2) is 0 Å². The summed E-state index contributed by atoms with van der Waals surface area (Å²) >= 11 is 0. The van der Waals surface area contributed by atoms with Crippen molar-refractivity contribution in [3.63, 3.8) is 0 Å². The van der Waals surface area contributed by atoms with Crippen molar-refractivity contribution in [3.05, 3.63) is 0 Å². The highest BCUT2D eigenvalue weighted by molar-refractivity contribution is 4.95. The van der Waals surface area contributed by atoms with Crippen molar-refractivity contribution in [1.82, 2.24) is 5.32 Å². The Morgan fingerprint density at radius 1 is 1.23 bits per heavy atom. The summed E-state index contributed by atoms with van der Waals surface area (Å²) < 4.78 is 0. The molecule has 1 nitrogen and oxygen atoms in total. The van der Waals surface area contributed by atoms with Crippen LogP contribution < -0.4 is 5.32 Å². The van der Waals surface area contributed by atoms with Gasteiger partial charge in [0.05, 0.1) is 0 Å². The Morgan fingerprint density at radius 3 is 2.23 bits per heavy atom. The van der Waals surface area contributed by atoms with Crippen LogP contribution in [0.5, 0.6) is 0 Å². The van der Waals surface area contributed by atoms with Crippen LogP contribution >= 0.6 is 0 Å². The van der Waals surface area contributed by atoms with E-state index in [4.69, 9.17) is 0 Å². The molecule has 78 valence electrons. The molecule has 0 spiro atoms. The van der Waals surface area contributed by atoms with E-state index < -0.39 is 0 Å². The molecule has 1 fully saturated rings. The lowest BCUT2D eigenvalue weighted by Crippen LogP contribution is -2.24. The van der Waals surface area contributed by atoms with E-state index in [9.17, 15) is 0 Å². The minimum absolute atomic E-state index is 0.516. The van der Waals surface area contributed by atoms with Crippen molar-refractivity contribution < 1.29 is 0 Å². The molecule has 0 heterocycles. The van der Waals surface area contributed by atoms with Crippen LogP contribution in [0, 0.1) is 10.8 Å². The van der Waals surface area contributed by atoms with Crippen molar-refractivity contribution in [2.45, 2.75) is 53.4 Å². The minimum atomic E-state index is 0.516. The van der Waals surface area contributed by atoms with Crippen LogP contribution in [0.25, 0.3) is 0 Å². The molecule has 0 saturated heterocycles. The zero-order chi connectivity index (χ0) is 9.95. The normalized spacial score (nSPS) is 20.3. The van der Waals surface area contributed by atoms with Crippen LogP contribution in [-0.2, 0) is 0 Å². The second-order valence-corrected chi connectivity index (χ2v) is 5.84. The van der Waals surface area contributed by atoms with E-state index in [0.29, 0.717) is 10.8 Å². The van der Waals surface area contributed by atoms with Crippen molar-refractivity contribution in [1.29, 1.82) is 0 Å². The molecule has 0 unspecified atom stereocenters. The van der Waals surface area contributed by atoms with Crippen molar-refractivity contribution in [2.24, 2.45) is 10.8 Å². The SMILES string of the molecule is CCNCC1(CCC(C)(C)C)CC1. The molecule has 0 atom stereocenters. The first-order valence-corrected chi connectivity index (χ1v) is 5.68. The summed E-state index contributed by atoms with van der Waals surface area (Å²) in [5.74, 6) is 0. The first-order chi connectivity index (χ1) is 5.97. The molecule has 0 radical (unpaired) electrons. The fraction of sp³-hybridized carbons (Fsp3) is 1.00. The minimum Gasteiger partial charge on any atom is -0.316 e. The van der Waals surface area contributed by atoms with E-state index in [1.165, 1.54) is 32.2 Å². The fourth-order valence-corrected chi connectivity index (χ4v) is 1.72. The Balaban J connectivity index is 2.20. The van der Waals surface area contributed by atoms with E-state index in [0.717, 1.165) is 6.54 Å². The molecule has 0 aromatic rings. The van der Waals surface area contributed by atoms with Gasteiger partial charge in [-0.1, -0.05) is 27.7 Å². The molecular weight excluding hydrogens is 158 g/mol. The summed E-state index contributed by atoms with van der Waals surface area (Å²) in [6, 6.07) is 0. The predicted molar refractivity (Wildman–Crippen MR) is 58.9 cm³/mol. The average Bonchev–Trinajstić information content (AvgIpc) is 2.77. The van der Waals surface area contributed by atoms with Gasteiger partial charge in [0.25, 0.3) is 0 Å². The molecule has 1 aliphatic rings. The molecule has 1 N–H and O–H groups in total. The van der Waals surface area contributed by atoms with Crippen molar-refractivity contribution in [2.75, 3.05) is 13.1 Å². The monoisotopic (exact) mass is 183 g/mol. The van der Waals surface area contributed by atoms with Gasteiger partial charge in [-0.3, -0.25) is 0 Å². The van der Waals surface area contributed by atoms with E-state index in [1.54, 1.807) is 0 Å². The Bertz CT molecular complexity index is 151.